The van der Waals surface area contributed by atoms with Gasteiger partial charge in [-0.15, -0.1) is 0 Å². The van der Waals surface area contributed by atoms with Crippen molar-refractivity contribution in [3.05, 3.63) is 65.7 Å². The normalized spacial score (nSPS) is 16.5. The van der Waals surface area contributed by atoms with Crippen molar-refractivity contribution in [3.8, 4) is 0 Å². The Hall–Kier alpha value is -3.04. The molecule has 0 aliphatic carbocycles. The molecule has 28 heavy (non-hydrogen) atoms. The van der Waals surface area contributed by atoms with Gasteiger partial charge in [0.1, 0.15) is 18.0 Å². The first kappa shape index (κ1) is 21.3. The lowest BCUT2D eigenvalue weighted by atomic mass is 10.0. The van der Waals surface area contributed by atoms with Crippen molar-refractivity contribution in [2.75, 3.05) is 44.8 Å². The molecule has 0 aromatic carbocycles. The molecular formula is C19H26FN7O. The highest BCUT2D eigenvalue weighted by Crippen LogP contribution is 2.19. The highest BCUT2D eigenvalue weighted by Gasteiger charge is 2.16. The lowest BCUT2D eigenvalue weighted by Crippen LogP contribution is -2.36. The molecule has 6 N–H and O–H groups in total. The van der Waals surface area contributed by atoms with E-state index in [1.54, 1.807) is 13.1 Å². The molecule has 1 saturated heterocycles. The largest absolute Gasteiger partial charge is 0.397 e. The van der Waals surface area contributed by atoms with Crippen molar-refractivity contribution in [1.29, 1.82) is 5.41 Å². The lowest BCUT2D eigenvalue weighted by molar-refractivity contribution is 0.122. The zero-order valence-electron chi connectivity index (χ0n) is 15.9. The van der Waals surface area contributed by atoms with E-state index in [2.05, 4.69) is 26.8 Å². The second kappa shape index (κ2) is 10.3. The van der Waals surface area contributed by atoms with Gasteiger partial charge >= 0.3 is 0 Å². The summed E-state index contributed by atoms with van der Waals surface area (Å²) in [6.45, 7) is 6.12. The number of aromatic nitrogens is 2. The van der Waals surface area contributed by atoms with Crippen molar-refractivity contribution in [3.63, 3.8) is 0 Å². The van der Waals surface area contributed by atoms with Gasteiger partial charge in [0.15, 0.2) is 0 Å². The molecule has 0 atom stereocenters. The molecule has 2 rings (SSSR count). The maximum absolute atomic E-state index is 14.3. The number of allylic oxidation sites excluding steroid dienone is 3. The summed E-state index contributed by atoms with van der Waals surface area (Å²) >= 11 is 0. The Kier molecular flexibility index (Phi) is 7.85. The van der Waals surface area contributed by atoms with Crippen LogP contribution >= 0.6 is 0 Å². The van der Waals surface area contributed by atoms with E-state index in [-0.39, 0.29) is 23.5 Å². The molecule has 0 spiro atoms. The fourth-order valence-corrected chi connectivity index (χ4v) is 2.65. The van der Waals surface area contributed by atoms with Gasteiger partial charge < -0.3 is 26.4 Å². The van der Waals surface area contributed by atoms with Crippen LogP contribution in [0.25, 0.3) is 0 Å². The first-order chi connectivity index (χ1) is 13.5. The molecule has 0 saturated carbocycles. The minimum atomic E-state index is -0.612. The molecule has 0 bridgehead atoms. The van der Waals surface area contributed by atoms with Gasteiger partial charge in [0, 0.05) is 44.5 Å². The number of rotatable bonds is 8. The van der Waals surface area contributed by atoms with Crippen LogP contribution in [-0.4, -0.2) is 55.6 Å². The third kappa shape index (κ3) is 5.24. The Labute approximate surface area is 164 Å². The number of ether oxygens (including phenoxy) is 1. The van der Waals surface area contributed by atoms with Crippen LogP contribution in [0.1, 0.15) is 5.69 Å². The highest BCUT2D eigenvalue weighted by atomic mass is 19.1. The molecule has 1 aromatic rings. The lowest BCUT2D eigenvalue weighted by Gasteiger charge is -2.27. The number of nitrogens with zero attached hydrogens (tertiary/aromatic N) is 3. The molecule has 0 radical (unpaired) electrons. The molecule has 2 heterocycles. The first-order valence-electron chi connectivity index (χ1n) is 8.82. The molecule has 9 heteroatoms. The zero-order chi connectivity index (χ0) is 20.5. The molecular weight excluding hydrogens is 361 g/mol. The average Bonchev–Trinajstić information content (AvgIpc) is 2.74. The molecule has 150 valence electrons. The fourth-order valence-electron chi connectivity index (χ4n) is 2.65. The molecule has 0 amide bonds. The number of nitrogens with one attached hydrogen (secondary N) is 2. The summed E-state index contributed by atoms with van der Waals surface area (Å²) in [5.74, 6) is 0.0940. The molecule has 1 aromatic heterocycles. The highest BCUT2D eigenvalue weighted by molar-refractivity contribution is 6.10. The number of hydrogen-bond acceptors (Lipinski definition) is 8. The quantitative estimate of drug-likeness (QED) is 0.387. The third-order valence-corrected chi connectivity index (χ3v) is 4.15. The predicted molar refractivity (Wildman–Crippen MR) is 109 cm³/mol. The van der Waals surface area contributed by atoms with Gasteiger partial charge in [-0.05, 0) is 17.7 Å². The second-order valence-electron chi connectivity index (χ2n) is 5.96. The molecule has 8 nitrogen and oxygen atoms in total. The van der Waals surface area contributed by atoms with E-state index < -0.39 is 5.83 Å². The number of morpholine rings is 1. The molecule has 1 aliphatic rings. The Morgan fingerprint density at radius 3 is 2.75 bits per heavy atom. The minimum Gasteiger partial charge on any atom is -0.397 e. The maximum Gasteiger partial charge on any atom is 0.132 e. The van der Waals surface area contributed by atoms with Crippen LogP contribution in [0.4, 0.5) is 10.2 Å². The van der Waals surface area contributed by atoms with Crippen molar-refractivity contribution >= 4 is 11.5 Å². The maximum atomic E-state index is 14.3. The molecule has 1 fully saturated rings. The summed E-state index contributed by atoms with van der Waals surface area (Å²) in [5.41, 5.74) is 12.9. The van der Waals surface area contributed by atoms with Crippen molar-refractivity contribution in [2.45, 2.75) is 0 Å². The van der Waals surface area contributed by atoms with Gasteiger partial charge in [-0.3, -0.25) is 5.41 Å². The monoisotopic (exact) mass is 387 g/mol. The van der Waals surface area contributed by atoms with E-state index in [4.69, 9.17) is 21.6 Å². The Morgan fingerprint density at radius 1 is 1.43 bits per heavy atom. The van der Waals surface area contributed by atoms with E-state index in [0.29, 0.717) is 43.4 Å². The standard InChI is InChI=1S/C19H26FN7O/c1-3-15(20)14(16(22)11-24-2)8-13(10-21)19(23)17-9-18(26-12-25-17)27-4-6-28-7-5-27/h3,8-9,11-12,23-24H,1,4-7,10,21-22H2,2H3/b13-8+,15-14-,16-11-,23-19?. The smallest absolute Gasteiger partial charge is 0.132 e. The van der Waals surface area contributed by atoms with Crippen LogP contribution in [-0.2, 0) is 4.74 Å². The number of hydrogen-bond donors (Lipinski definition) is 4. The van der Waals surface area contributed by atoms with Crippen LogP contribution in [0.3, 0.4) is 0 Å². The third-order valence-electron chi connectivity index (χ3n) is 4.15. The van der Waals surface area contributed by atoms with Gasteiger partial charge in [0.05, 0.1) is 30.3 Å². The summed E-state index contributed by atoms with van der Waals surface area (Å²) in [6, 6.07) is 1.72. The van der Waals surface area contributed by atoms with E-state index >= 15 is 0 Å². The van der Waals surface area contributed by atoms with Gasteiger partial charge in [-0.25, -0.2) is 14.4 Å². The summed E-state index contributed by atoms with van der Waals surface area (Å²) in [4.78, 5) is 10.5. The predicted octanol–water partition coefficient (Wildman–Crippen LogP) is 0.995. The number of halogens is 1. The summed E-state index contributed by atoms with van der Waals surface area (Å²) < 4.78 is 19.6. The number of nitrogens with two attached hydrogens (primary N) is 2. The zero-order valence-corrected chi connectivity index (χ0v) is 15.9. The summed E-state index contributed by atoms with van der Waals surface area (Å²) in [7, 11) is 1.65. The topological polar surface area (TPSA) is 126 Å². The van der Waals surface area contributed by atoms with Gasteiger partial charge in [-0.1, -0.05) is 6.58 Å². The average molecular weight is 387 g/mol. The van der Waals surface area contributed by atoms with Gasteiger partial charge in [0.25, 0.3) is 0 Å². The van der Waals surface area contributed by atoms with Crippen LogP contribution in [0.5, 0.6) is 0 Å². The van der Waals surface area contributed by atoms with Gasteiger partial charge in [-0.2, -0.15) is 0 Å². The first-order valence-corrected chi connectivity index (χ1v) is 8.82. The van der Waals surface area contributed by atoms with E-state index in [0.717, 1.165) is 6.08 Å². The van der Waals surface area contributed by atoms with Crippen LogP contribution in [0.2, 0.25) is 0 Å². The van der Waals surface area contributed by atoms with E-state index in [9.17, 15) is 4.39 Å². The van der Waals surface area contributed by atoms with Crippen LogP contribution < -0.4 is 21.7 Å². The van der Waals surface area contributed by atoms with Crippen molar-refractivity contribution in [2.24, 2.45) is 11.5 Å². The Morgan fingerprint density at radius 2 is 2.14 bits per heavy atom. The molecule has 1 aliphatic heterocycles. The van der Waals surface area contributed by atoms with E-state index in [1.807, 2.05) is 0 Å². The fraction of sp³-hybridized carbons (Fsp3) is 0.316. The summed E-state index contributed by atoms with van der Waals surface area (Å²) in [6.07, 6.45) is 5.35. The second-order valence-corrected chi connectivity index (χ2v) is 5.96. The summed E-state index contributed by atoms with van der Waals surface area (Å²) in [5, 5.41) is 11.3. The van der Waals surface area contributed by atoms with Crippen molar-refractivity contribution < 1.29 is 9.13 Å². The van der Waals surface area contributed by atoms with Gasteiger partial charge in [0.2, 0.25) is 0 Å². The minimum absolute atomic E-state index is 0.0104. The Balaban J connectivity index is 2.37. The van der Waals surface area contributed by atoms with Crippen molar-refractivity contribution in [1.82, 2.24) is 15.3 Å². The molecule has 0 unspecified atom stereocenters. The Bertz CT molecular complexity index is 810. The number of anilines is 1. The van der Waals surface area contributed by atoms with E-state index in [1.165, 1.54) is 18.6 Å². The van der Waals surface area contributed by atoms with Crippen LogP contribution in [0.15, 0.2) is 60.0 Å². The SMILES string of the molecule is C=C/C(F)=C(\C=C(/CN)C(=N)c1cc(N2CCOCC2)ncn1)C(/N)=C/NC. The van der Waals surface area contributed by atoms with Crippen LogP contribution in [0, 0.1) is 5.41 Å².